The largest absolute Gasteiger partial charge is 0.507 e. The molecule has 2 nitrogen and oxygen atoms in total. The number of aromatic hydroxyl groups is 1. The summed E-state index contributed by atoms with van der Waals surface area (Å²) < 4.78 is 0. The zero-order valence-corrected chi connectivity index (χ0v) is 10.3. The van der Waals surface area contributed by atoms with Crippen molar-refractivity contribution in [2.24, 2.45) is 0 Å². The number of phenolic OH excluding ortho intramolecular Hbond substituents is 1. The minimum absolute atomic E-state index is 0.159. The fourth-order valence-electron chi connectivity index (χ4n) is 1.30. The lowest BCUT2D eigenvalue weighted by Crippen LogP contribution is -1.77. The molecular weight excluding hydrogens is 254 g/mol. The summed E-state index contributed by atoms with van der Waals surface area (Å²) in [6.45, 7) is 0. The number of halogens is 1. The van der Waals surface area contributed by atoms with Crippen LogP contribution >= 0.6 is 23.4 Å². The third-order valence-corrected chi connectivity index (χ3v) is 3.44. The Kier molecular flexibility index (Phi) is 3.58. The average Bonchev–Trinajstić information content (AvgIpc) is 2.34. The summed E-state index contributed by atoms with van der Waals surface area (Å²) in [7, 11) is 0. The molecule has 1 N–H and O–H groups in total. The first-order valence-electron chi connectivity index (χ1n) is 4.85. The van der Waals surface area contributed by atoms with Gasteiger partial charge in [-0.2, -0.15) is 5.26 Å². The normalized spacial score (nSPS) is 9.88. The van der Waals surface area contributed by atoms with Crippen LogP contribution in [-0.2, 0) is 0 Å². The van der Waals surface area contributed by atoms with E-state index in [1.54, 1.807) is 24.3 Å². The summed E-state index contributed by atoms with van der Waals surface area (Å²) in [5, 5.41) is 18.9. The molecule has 0 saturated heterocycles. The number of hydrogen-bond acceptors (Lipinski definition) is 3. The summed E-state index contributed by atoms with van der Waals surface area (Å²) in [6, 6.07) is 14.2. The van der Waals surface area contributed by atoms with Gasteiger partial charge in [0.1, 0.15) is 5.75 Å². The molecule has 4 heteroatoms. The van der Waals surface area contributed by atoms with E-state index in [2.05, 4.69) is 6.07 Å². The van der Waals surface area contributed by atoms with Crippen molar-refractivity contribution in [3.8, 4) is 11.8 Å². The first-order valence-corrected chi connectivity index (χ1v) is 6.05. The van der Waals surface area contributed by atoms with Crippen LogP contribution in [0.15, 0.2) is 52.3 Å². The van der Waals surface area contributed by atoms with Crippen molar-refractivity contribution in [2.75, 3.05) is 0 Å². The van der Waals surface area contributed by atoms with Gasteiger partial charge in [-0.15, -0.1) is 0 Å². The highest BCUT2D eigenvalue weighted by molar-refractivity contribution is 7.99. The number of nitrogens with zero attached hydrogens (tertiary/aromatic N) is 1. The van der Waals surface area contributed by atoms with Crippen LogP contribution < -0.4 is 0 Å². The molecule has 0 unspecified atom stereocenters. The van der Waals surface area contributed by atoms with Crippen molar-refractivity contribution in [1.82, 2.24) is 0 Å². The molecule has 0 aliphatic rings. The number of hydrogen-bond donors (Lipinski definition) is 1. The van der Waals surface area contributed by atoms with E-state index < -0.39 is 0 Å². The number of phenols is 1. The number of benzene rings is 2. The van der Waals surface area contributed by atoms with Crippen molar-refractivity contribution in [1.29, 1.82) is 5.26 Å². The van der Waals surface area contributed by atoms with Crippen molar-refractivity contribution < 1.29 is 5.11 Å². The Hall–Kier alpha value is -1.63. The summed E-state index contributed by atoms with van der Waals surface area (Å²) in [5.41, 5.74) is 0.620. The maximum atomic E-state index is 9.70. The molecule has 0 aromatic heterocycles. The second kappa shape index (κ2) is 5.13. The van der Waals surface area contributed by atoms with Gasteiger partial charge in [0.2, 0.25) is 0 Å². The molecule has 2 aromatic rings. The molecular formula is C13H8ClNOS. The highest BCUT2D eigenvalue weighted by Gasteiger charge is 2.04. The molecule has 0 saturated carbocycles. The van der Waals surface area contributed by atoms with Gasteiger partial charge in [-0.1, -0.05) is 23.4 Å². The molecule has 0 aliphatic carbocycles. The maximum Gasteiger partial charge on any atom is 0.130 e. The van der Waals surface area contributed by atoms with Gasteiger partial charge in [0.25, 0.3) is 0 Å². The molecule has 2 rings (SSSR count). The maximum absolute atomic E-state index is 9.70. The van der Waals surface area contributed by atoms with Gasteiger partial charge >= 0.3 is 0 Å². The van der Waals surface area contributed by atoms with Crippen LogP contribution in [0.3, 0.4) is 0 Å². The van der Waals surface area contributed by atoms with Crippen molar-refractivity contribution in [3.05, 3.63) is 53.1 Å². The predicted molar refractivity (Wildman–Crippen MR) is 68.4 cm³/mol. The Labute approximate surface area is 108 Å². The Bertz CT molecular complexity index is 575. The van der Waals surface area contributed by atoms with Crippen LogP contribution in [0, 0.1) is 11.3 Å². The van der Waals surface area contributed by atoms with Crippen LogP contribution in [0.5, 0.6) is 5.75 Å². The molecule has 84 valence electrons. The monoisotopic (exact) mass is 261 g/mol. The Morgan fingerprint density at radius 2 is 1.82 bits per heavy atom. The van der Waals surface area contributed by atoms with E-state index >= 15 is 0 Å². The van der Waals surface area contributed by atoms with Crippen molar-refractivity contribution >= 4 is 23.4 Å². The van der Waals surface area contributed by atoms with E-state index in [9.17, 15) is 5.11 Å². The van der Waals surface area contributed by atoms with Crippen molar-refractivity contribution in [2.45, 2.75) is 9.79 Å². The highest BCUT2D eigenvalue weighted by Crippen LogP contribution is 2.35. The third kappa shape index (κ3) is 2.94. The van der Waals surface area contributed by atoms with Crippen LogP contribution in [0.25, 0.3) is 0 Å². The first-order chi connectivity index (χ1) is 8.19. The molecule has 0 amide bonds. The SMILES string of the molecule is N#Cc1ccc(Sc2ccc(Cl)cc2O)cc1. The van der Waals surface area contributed by atoms with E-state index in [1.807, 2.05) is 12.1 Å². The minimum atomic E-state index is 0.159. The van der Waals surface area contributed by atoms with Crippen LogP contribution in [0.1, 0.15) is 5.56 Å². The van der Waals surface area contributed by atoms with Gasteiger partial charge in [-0.25, -0.2) is 0 Å². The van der Waals surface area contributed by atoms with E-state index in [0.29, 0.717) is 10.6 Å². The molecule has 0 spiro atoms. The van der Waals surface area contributed by atoms with Crippen LogP contribution in [0.4, 0.5) is 0 Å². The highest BCUT2D eigenvalue weighted by atomic mass is 35.5. The first kappa shape index (κ1) is 11.8. The second-order valence-corrected chi connectivity index (χ2v) is 4.90. The lowest BCUT2D eigenvalue weighted by atomic mass is 10.2. The summed E-state index contributed by atoms with van der Waals surface area (Å²) >= 11 is 7.18. The van der Waals surface area contributed by atoms with Gasteiger partial charge in [-0.05, 0) is 42.5 Å². The molecule has 0 radical (unpaired) electrons. The van der Waals surface area contributed by atoms with Gasteiger partial charge in [0.05, 0.1) is 16.5 Å². The molecule has 0 fully saturated rings. The third-order valence-electron chi connectivity index (χ3n) is 2.13. The second-order valence-electron chi connectivity index (χ2n) is 3.35. The Balaban J connectivity index is 2.23. The lowest BCUT2D eigenvalue weighted by Gasteiger charge is -2.04. The summed E-state index contributed by atoms with van der Waals surface area (Å²) in [5.74, 6) is 0.159. The standard InChI is InChI=1S/C13H8ClNOS/c14-10-3-6-13(12(16)7-10)17-11-4-1-9(8-15)2-5-11/h1-7,16H. The molecule has 0 heterocycles. The number of rotatable bonds is 2. The van der Waals surface area contributed by atoms with E-state index in [1.165, 1.54) is 17.8 Å². The Morgan fingerprint density at radius 3 is 2.41 bits per heavy atom. The van der Waals surface area contributed by atoms with Gasteiger partial charge < -0.3 is 5.11 Å². The number of nitriles is 1. The fourth-order valence-corrected chi connectivity index (χ4v) is 2.29. The minimum Gasteiger partial charge on any atom is -0.507 e. The zero-order chi connectivity index (χ0) is 12.3. The zero-order valence-electron chi connectivity index (χ0n) is 8.72. The fraction of sp³-hybridized carbons (Fsp3) is 0. The summed E-state index contributed by atoms with van der Waals surface area (Å²) in [6.07, 6.45) is 0. The van der Waals surface area contributed by atoms with Crippen molar-refractivity contribution in [3.63, 3.8) is 0 Å². The molecule has 2 aromatic carbocycles. The quantitative estimate of drug-likeness (QED) is 0.886. The van der Waals surface area contributed by atoms with E-state index in [4.69, 9.17) is 16.9 Å². The van der Waals surface area contributed by atoms with Gasteiger partial charge in [-0.3, -0.25) is 0 Å². The smallest absolute Gasteiger partial charge is 0.130 e. The predicted octanol–water partition coefficient (Wildman–Crippen LogP) is 4.07. The van der Waals surface area contributed by atoms with Gasteiger partial charge in [0.15, 0.2) is 0 Å². The average molecular weight is 262 g/mol. The Morgan fingerprint density at radius 1 is 1.12 bits per heavy atom. The van der Waals surface area contributed by atoms with Crippen LogP contribution in [-0.4, -0.2) is 5.11 Å². The van der Waals surface area contributed by atoms with Crippen LogP contribution in [0.2, 0.25) is 5.02 Å². The molecule has 0 atom stereocenters. The van der Waals surface area contributed by atoms with E-state index in [0.717, 1.165) is 9.79 Å². The van der Waals surface area contributed by atoms with E-state index in [-0.39, 0.29) is 5.75 Å². The van der Waals surface area contributed by atoms with Gasteiger partial charge in [0, 0.05) is 9.92 Å². The molecule has 0 aliphatic heterocycles. The summed E-state index contributed by atoms with van der Waals surface area (Å²) in [4.78, 5) is 1.70. The molecule has 0 bridgehead atoms. The molecule has 17 heavy (non-hydrogen) atoms. The topological polar surface area (TPSA) is 44.0 Å². The lowest BCUT2D eigenvalue weighted by molar-refractivity contribution is 0.462.